The van der Waals surface area contributed by atoms with Crippen LogP contribution in [0, 0.1) is 0 Å². The Balaban J connectivity index is 5.52. The highest BCUT2D eigenvalue weighted by atomic mass is 31.2. The van der Waals surface area contributed by atoms with Gasteiger partial charge in [-0.05, 0) is 180 Å². The molecular weight excluding hydrogens is 1330 g/mol. The molecule has 0 aromatic heterocycles. The summed E-state index contributed by atoms with van der Waals surface area (Å²) in [5, 5.41) is 10.6. The van der Waals surface area contributed by atoms with Gasteiger partial charge in [-0.25, -0.2) is 9.13 Å². The van der Waals surface area contributed by atoms with Crippen LogP contribution in [0.25, 0.3) is 0 Å². The summed E-state index contributed by atoms with van der Waals surface area (Å²) in [4.78, 5) is 72.9. The number of allylic oxidation sites excluding steroid dienone is 32. The molecule has 17 nitrogen and oxygen atoms in total. The van der Waals surface area contributed by atoms with Crippen molar-refractivity contribution >= 4 is 39.5 Å². The topological polar surface area (TPSA) is 237 Å². The van der Waals surface area contributed by atoms with Crippen molar-refractivity contribution < 1.29 is 80.2 Å². The minimum Gasteiger partial charge on any atom is -0.462 e. The van der Waals surface area contributed by atoms with Gasteiger partial charge in [-0.2, -0.15) is 0 Å². The molecule has 574 valence electrons. The van der Waals surface area contributed by atoms with Crippen molar-refractivity contribution in [1.29, 1.82) is 0 Å². The van der Waals surface area contributed by atoms with Crippen LogP contribution in [-0.2, 0) is 65.4 Å². The van der Waals surface area contributed by atoms with Crippen molar-refractivity contribution in [3.05, 3.63) is 194 Å². The number of phosphoric acid groups is 2. The predicted molar refractivity (Wildman–Crippen MR) is 417 cm³/mol. The van der Waals surface area contributed by atoms with Gasteiger partial charge in [0.15, 0.2) is 12.2 Å². The first-order valence-electron chi connectivity index (χ1n) is 37.7. The fourth-order valence-electron chi connectivity index (χ4n) is 8.95. The third kappa shape index (κ3) is 72.3. The Hall–Kier alpha value is -6.10. The maximum absolute atomic E-state index is 13.1. The molecule has 0 saturated carbocycles. The number of aliphatic hydroxyl groups is 1. The minimum atomic E-state index is -5.01. The van der Waals surface area contributed by atoms with Crippen molar-refractivity contribution in [3.63, 3.8) is 0 Å². The Morgan fingerprint density at radius 1 is 0.275 bits per heavy atom. The number of phosphoric ester groups is 2. The number of esters is 4. The van der Waals surface area contributed by atoms with Crippen LogP contribution in [0.3, 0.4) is 0 Å². The highest BCUT2D eigenvalue weighted by molar-refractivity contribution is 7.47. The first kappa shape index (κ1) is 95.9. The smallest absolute Gasteiger partial charge is 0.462 e. The first-order chi connectivity index (χ1) is 49.7. The van der Waals surface area contributed by atoms with Crippen LogP contribution >= 0.6 is 15.6 Å². The van der Waals surface area contributed by atoms with E-state index in [1.807, 2.05) is 6.08 Å². The van der Waals surface area contributed by atoms with E-state index in [0.29, 0.717) is 38.5 Å². The molecule has 0 radical (unpaired) electrons. The maximum atomic E-state index is 13.1. The van der Waals surface area contributed by atoms with Gasteiger partial charge in [0.25, 0.3) is 0 Å². The lowest BCUT2D eigenvalue weighted by Crippen LogP contribution is -2.30. The molecule has 0 aliphatic carbocycles. The second kappa shape index (κ2) is 73.2. The molecule has 0 heterocycles. The molecule has 0 spiro atoms. The third-order valence-electron chi connectivity index (χ3n) is 14.5. The van der Waals surface area contributed by atoms with Crippen LogP contribution in [0.15, 0.2) is 194 Å². The molecular formula is C83H130O17P2. The van der Waals surface area contributed by atoms with Gasteiger partial charge in [0.05, 0.1) is 26.4 Å². The van der Waals surface area contributed by atoms with E-state index in [9.17, 15) is 43.2 Å². The fourth-order valence-corrected chi connectivity index (χ4v) is 10.5. The lowest BCUT2D eigenvalue weighted by Gasteiger charge is -2.21. The van der Waals surface area contributed by atoms with Crippen LogP contribution < -0.4 is 0 Å². The van der Waals surface area contributed by atoms with Gasteiger partial charge in [0.2, 0.25) is 0 Å². The molecule has 0 aromatic rings. The second-order valence-corrected chi connectivity index (χ2v) is 27.0. The molecule has 0 aliphatic heterocycles. The normalized spacial score (nSPS) is 15.0. The maximum Gasteiger partial charge on any atom is 0.472 e. The molecule has 5 unspecified atom stereocenters. The first-order valence-corrected chi connectivity index (χ1v) is 40.7. The molecule has 0 aliphatic rings. The van der Waals surface area contributed by atoms with E-state index in [4.69, 9.17) is 37.0 Å². The number of carbonyl (C=O) groups is 4. The van der Waals surface area contributed by atoms with Crippen molar-refractivity contribution in [2.24, 2.45) is 0 Å². The number of rotatable bonds is 68. The largest absolute Gasteiger partial charge is 0.472 e. The summed E-state index contributed by atoms with van der Waals surface area (Å²) in [5.41, 5.74) is 0. The Labute approximate surface area is 615 Å². The number of carbonyl (C=O) groups excluding carboxylic acids is 4. The highest BCUT2D eigenvalue weighted by Gasteiger charge is 2.30. The van der Waals surface area contributed by atoms with E-state index in [2.05, 4.69) is 216 Å². The van der Waals surface area contributed by atoms with Gasteiger partial charge in [0.1, 0.15) is 19.3 Å². The Morgan fingerprint density at radius 2 is 0.480 bits per heavy atom. The summed E-state index contributed by atoms with van der Waals surface area (Å²) < 4.78 is 68.3. The standard InChI is InChI=1S/C83H130O17P2/c1-5-9-13-17-21-25-29-33-37-38-42-44-48-52-56-60-64-68-81(86)94-74-79(100-83(88)70-66-62-58-54-50-46-41-36-32-28-24-20-16-12-8-4)76-98-102(91,92)96-72-77(84)71-95-101(89,90)97-75-78(99-82(87)69-65-61-57-53-49-45-40-35-31-27-23-19-15-11-7-3)73-93-80(85)67-63-59-55-51-47-43-39-34-30-26-22-18-14-10-6-2/h9-16,21-28,33-37,39-42,44,47,49-51,53-54,77-79,84H,5-8,17-20,29-32,38,43,45-46,48,52,55-76H2,1-4H3,(H,89,90)(H,91,92)/b13-9-,14-10-,15-11-,16-12-,25-21-,26-22-,27-23-,28-24-,37-33-,39-34-,40-35-,41-36-,44-42-,51-47-,53-49-,54-50-. The number of unbranched alkanes of at least 4 members (excludes halogenated alkanes) is 10. The zero-order valence-electron chi connectivity index (χ0n) is 62.4. The Kier molecular flexibility index (Phi) is 68.8. The molecule has 0 fully saturated rings. The summed E-state index contributed by atoms with van der Waals surface area (Å²) in [6.07, 6.45) is 88.7. The molecule has 0 saturated heterocycles. The van der Waals surface area contributed by atoms with E-state index in [-0.39, 0.29) is 25.7 Å². The van der Waals surface area contributed by atoms with Crippen LogP contribution in [0.5, 0.6) is 0 Å². The van der Waals surface area contributed by atoms with Crippen molar-refractivity contribution in [2.45, 2.75) is 264 Å². The molecule has 3 N–H and O–H groups in total. The van der Waals surface area contributed by atoms with E-state index >= 15 is 0 Å². The summed E-state index contributed by atoms with van der Waals surface area (Å²) in [6.45, 7) is 4.19. The monoisotopic (exact) mass is 1460 g/mol. The molecule has 0 rings (SSSR count). The molecule has 0 aromatic carbocycles. The highest BCUT2D eigenvalue weighted by Crippen LogP contribution is 2.45. The molecule has 102 heavy (non-hydrogen) atoms. The average molecular weight is 1460 g/mol. The second-order valence-electron chi connectivity index (χ2n) is 24.1. The third-order valence-corrected chi connectivity index (χ3v) is 16.4. The fraction of sp³-hybridized carbons (Fsp3) is 0.566. The average Bonchev–Trinajstić information content (AvgIpc) is 0.923. The van der Waals surface area contributed by atoms with Crippen molar-refractivity contribution in [1.82, 2.24) is 0 Å². The zero-order chi connectivity index (χ0) is 74.6. The van der Waals surface area contributed by atoms with Gasteiger partial charge >= 0.3 is 39.5 Å². The van der Waals surface area contributed by atoms with Crippen LogP contribution in [-0.4, -0.2) is 96.7 Å². The summed E-state index contributed by atoms with van der Waals surface area (Å²) in [7, 11) is -10.0. The Bertz CT molecular complexity index is 2700. The van der Waals surface area contributed by atoms with E-state index in [1.54, 1.807) is 0 Å². The number of ether oxygens (including phenoxy) is 4. The quantitative estimate of drug-likeness (QED) is 0.0169. The summed E-state index contributed by atoms with van der Waals surface area (Å²) in [5.74, 6) is -2.37. The predicted octanol–water partition coefficient (Wildman–Crippen LogP) is 21.8. The molecule has 0 bridgehead atoms. The molecule has 19 heteroatoms. The lowest BCUT2D eigenvalue weighted by atomic mass is 10.1. The van der Waals surface area contributed by atoms with Crippen molar-refractivity contribution in [2.75, 3.05) is 39.6 Å². The summed E-state index contributed by atoms with van der Waals surface area (Å²) in [6, 6.07) is 0. The SMILES string of the molecule is CC/C=C\C/C=C\C/C=C\C/C=C\CCCCCCC(=O)OCC(COP(=O)(O)OCC(O)COP(=O)(O)OCC(COC(=O)CCCC/C=C\C/C=C\C/C=C\C/C=C\CC)OC(=O)CCCC/C=C\C/C=C\C/C=C\C/C=C\CC)OC(=O)CCCC/C=C\C/C=C\C/C=C\C/C=C\CC. The van der Waals surface area contributed by atoms with Crippen LogP contribution in [0.2, 0.25) is 0 Å². The Morgan fingerprint density at radius 3 is 0.745 bits per heavy atom. The van der Waals surface area contributed by atoms with Crippen LogP contribution in [0.4, 0.5) is 0 Å². The zero-order valence-corrected chi connectivity index (χ0v) is 64.2. The lowest BCUT2D eigenvalue weighted by molar-refractivity contribution is -0.161. The van der Waals surface area contributed by atoms with Gasteiger partial charge in [-0.3, -0.25) is 37.3 Å². The molecule has 5 atom stereocenters. The van der Waals surface area contributed by atoms with Gasteiger partial charge in [-0.15, -0.1) is 0 Å². The number of hydrogen-bond acceptors (Lipinski definition) is 15. The van der Waals surface area contributed by atoms with E-state index < -0.39 is 97.5 Å². The van der Waals surface area contributed by atoms with Gasteiger partial charge in [0, 0.05) is 25.7 Å². The number of hydrogen-bond donors (Lipinski definition) is 3. The van der Waals surface area contributed by atoms with Crippen molar-refractivity contribution in [3.8, 4) is 0 Å². The number of aliphatic hydroxyl groups excluding tert-OH is 1. The van der Waals surface area contributed by atoms with Crippen LogP contribution in [0.1, 0.15) is 246 Å². The summed E-state index contributed by atoms with van der Waals surface area (Å²) >= 11 is 0. The minimum absolute atomic E-state index is 0.0237. The van der Waals surface area contributed by atoms with Gasteiger partial charge in [-0.1, -0.05) is 235 Å². The molecule has 0 amide bonds. The van der Waals surface area contributed by atoms with Gasteiger partial charge < -0.3 is 33.8 Å². The van der Waals surface area contributed by atoms with E-state index in [1.165, 1.54) is 0 Å². The van der Waals surface area contributed by atoms with E-state index in [0.717, 1.165) is 154 Å².